The van der Waals surface area contributed by atoms with E-state index in [0.29, 0.717) is 6.04 Å². The Balaban J connectivity index is 1.80. The van der Waals surface area contributed by atoms with Gasteiger partial charge < -0.3 is 10.3 Å². The molecule has 1 heterocycles. The molecule has 0 aromatic carbocycles. The topological polar surface area (TPSA) is 56.7 Å². The number of aromatic nitrogens is 3. The second-order valence-electron chi connectivity index (χ2n) is 6.51. The first-order valence-electron chi connectivity index (χ1n) is 7.92. The van der Waals surface area contributed by atoms with Crippen LogP contribution < -0.4 is 5.73 Å². The zero-order chi connectivity index (χ0) is 13.3. The molecular formula is C15H26N4. The highest BCUT2D eigenvalue weighted by Gasteiger charge is 2.38. The molecule has 106 valence electrons. The molecule has 0 bridgehead atoms. The highest BCUT2D eigenvalue weighted by Crippen LogP contribution is 2.40. The van der Waals surface area contributed by atoms with Crippen molar-refractivity contribution < 1.29 is 0 Å². The molecule has 0 aliphatic heterocycles. The van der Waals surface area contributed by atoms with Crippen LogP contribution in [-0.2, 0) is 5.54 Å². The molecule has 3 rings (SSSR count). The van der Waals surface area contributed by atoms with Gasteiger partial charge in [-0.2, -0.15) is 0 Å². The highest BCUT2D eigenvalue weighted by molar-refractivity contribution is 5.08. The van der Waals surface area contributed by atoms with E-state index in [1.54, 1.807) is 0 Å². The first-order chi connectivity index (χ1) is 9.23. The summed E-state index contributed by atoms with van der Waals surface area (Å²) < 4.78 is 2.29. The van der Waals surface area contributed by atoms with Crippen molar-refractivity contribution in [1.82, 2.24) is 14.8 Å². The third kappa shape index (κ3) is 2.42. The lowest BCUT2D eigenvalue weighted by Crippen LogP contribution is -2.43. The van der Waals surface area contributed by atoms with Gasteiger partial charge in [-0.3, -0.25) is 0 Å². The molecular weight excluding hydrogens is 236 g/mol. The maximum Gasteiger partial charge on any atom is 0.153 e. The average Bonchev–Trinajstić information content (AvgIpc) is 3.10. The molecule has 2 saturated carbocycles. The molecule has 0 radical (unpaired) electrons. The standard InChI is InChI=1S/C15H26N4/c1-2-12-7-9-15(16,10-8-12)14-18-17-11-19(14)13-5-3-4-6-13/h11-13H,2-10,16H2,1H3. The van der Waals surface area contributed by atoms with Gasteiger partial charge in [0.1, 0.15) is 6.33 Å². The van der Waals surface area contributed by atoms with Crippen LogP contribution in [0.5, 0.6) is 0 Å². The van der Waals surface area contributed by atoms with Crippen LogP contribution in [0.1, 0.15) is 76.6 Å². The van der Waals surface area contributed by atoms with Gasteiger partial charge in [-0.1, -0.05) is 26.2 Å². The Hall–Kier alpha value is -0.900. The van der Waals surface area contributed by atoms with Crippen molar-refractivity contribution >= 4 is 0 Å². The highest BCUT2D eigenvalue weighted by atomic mass is 15.3. The predicted octanol–water partition coefficient (Wildman–Crippen LogP) is 3.15. The number of rotatable bonds is 3. The van der Waals surface area contributed by atoms with E-state index in [4.69, 9.17) is 5.73 Å². The van der Waals surface area contributed by atoms with Crippen LogP contribution in [0.2, 0.25) is 0 Å². The molecule has 2 fully saturated rings. The average molecular weight is 262 g/mol. The van der Waals surface area contributed by atoms with Gasteiger partial charge in [0.15, 0.2) is 5.82 Å². The summed E-state index contributed by atoms with van der Waals surface area (Å²) in [6, 6.07) is 0.592. The Bertz CT molecular complexity index is 412. The smallest absolute Gasteiger partial charge is 0.153 e. The van der Waals surface area contributed by atoms with E-state index in [1.807, 2.05) is 6.33 Å². The number of nitrogens with zero attached hydrogens (tertiary/aromatic N) is 3. The fourth-order valence-electron chi connectivity index (χ4n) is 3.87. The normalized spacial score (nSPS) is 32.8. The van der Waals surface area contributed by atoms with Crippen LogP contribution in [0.15, 0.2) is 6.33 Å². The maximum atomic E-state index is 6.69. The molecule has 0 saturated heterocycles. The Morgan fingerprint density at radius 3 is 2.58 bits per heavy atom. The third-order valence-electron chi connectivity index (χ3n) is 5.31. The summed E-state index contributed by atoms with van der Waals surface area (Å²) in [6.45, 7) is 2.29. The van der Waals surface area contributed by atoms with Crippen LogP contribution >= 0.6 is 0 Å². The Morgan fingerprint density at radius 2 is 1.95 bits per heavy atom. The van der Waals surface area contributed by atoms with Crippen molar-refractivity contribution in [2.45, 2.75) is 76.3 Å². The van der Waals surface area contributed by atoms with E-state index in [2.05, 4.69) is 21.7 Å². The van der Waals surface area contributed by atoms with E-state index in [0.717, 1.165) is 24.6 Å². The number of nitrogens with two attached hydrogens (primary N) is 1. The van der Waals surface area contributed by atoms with E-state index in [-0.39, 0.29) is 5.54 Å². The SMILES string of the molecule is CCC1CCC(N)(c2nncn2C2CCCC2)CC1. The largest absolute Gasteiger partial charge is 0.319 e. The van der Waals surface area contributed by atoms with E-state index in [1.165, 1.54) is 44.9 Å². The van der Waals surface area contributed by atoms with Gasteiger partial charge in [0.2, 0.25) is 0 Å². The molecule has 1 aromatic rings. The predicted molar refractivity (Wildman–Crippen MR) is 75.6 cm³/mol. The fourth-order valence-corrected chi connectivity index (χ4v) is 3.87. The number of hydrogen-bond donors (Lipinski definition) is 1. The van der Waals surface area contributed by atoms with Crippen LogP contribution in [0.3, 0.4) is 0 Å². The fraction of sp³-hybridized carbons (Fsp3) is 0.867. The van der Waals surface area contributed by atoms with E-state index >= 15 is 0 Å². The Kier molecular flexibility index (Phi) is 3.61. The minimum absolute atomic E-state index is 0.231. The summed E-state index contributed by atoms with van der Waals surface area (Å²) in [6.07, 6.45) is 13.0. The molecule has 2 aliphatic carbocycles. The summed E-state index contributed by atoms with van der Waals surface area (Å²) in [5, 5.41) is 8.55. The Labute approximate surface area is 115 Å². The van der Waals surface area contributed by atoms with E-state index < -0.39 is 0 Å². The van der Waals surface area contributed by atoms with Gasteiger partial charge in [0.25, 0.3) is 0 Å². The minimum atomic E-state index is -0.231. The van der Waals surface area contributed by atoms with Crippen LogP contribution in [-0.4, -0.2) is 14.8 Å². The van der Waals surface area contributed by atoms with Crippen molar-refractivity contribution in [1.29, 1.82) is 0 Å². The second-order valence-corrected chi connectivity index (χ2v) is 6.51. The summed E-state index contributed by atoms with van der Waals surface area (Å²) in [7, 11) is 0. The monoisotopic (exact) mass is 262 g/mol. The van der Waals surface area contributed by atoms with Crippen LogP contribution in [0.25, 0.3) is 0 Å². The maximum absolute atomic E-state index is 6.69. The molecule has 0 spiro atoms. The van der Waals surface area contributed by atoms with Crippen molar-refractivity contribution in [3.8, 4) is 0 Å². The van der Waals surface area contributed by atoms with Gasteiger partial charge in [-0.05, 0) is 44.4 Å². The number of hydrogen-bond acceptors (Lipinski definition) is 3. The van der Waals surface area contributed by atoms with Gasteiger partial charge in [0.05, 0.1) is 5.54 Å². The molecule has 0 amide bonds. The molecule has 0 unspecified atom stereocenters. The lowest BCUT2D eigenvalue weighted by Gasteiger charge is -2.36. The molecule has 1 aromatic heterocycles. The van der Waals surface area contributed by atoms with Gasteiger partial charge in [0, 0.05) is 6.04 Å². The zero-order valence-electron chi connectivity index (χ0n) is 12.0. The zero-order valence-corrected chi connectivity index (χ0v) is 12.0. The van der Waals surface area contributed by atoms with Gasteiger partial charge in [-0.15, -0.1) is 10.2 Å². The quantitative estimate of drug-likeness (QED) is 0.910. The van der Waals surface area contributed by atoms with Crippen molar-refractivity contribution in [3.05, 3.63) is 12.2 Å². The molecule has 19 heavy (non-hydrogen) atoms. The summed E-state index contributed by atoms with van der Waals surface area (Å²) >= 11 is 0. The molecule has 4 heteroatoms. The first-order valence-corrected chi connectivity index (χ1v) is 7.92. The Morgan fingerprint density at radius 1 is 1.26 bits per heavy atom. The lowest BCUT2D eigenvalue weighted by atomic mass is 9.75. The van der Waals surface area contributed by atoms with Crippen molar-refractivity contribution in [2.24, 2.45) is 11.7 Å². The molecule has 0 atom stereocenters. The van der Waals surface area contributed by atoms with Gasteiger partial charge >= 0.3 is 0 Å². The summed E-state index contributed by atoms with van der Waals surface area (Å²) in [5.41, 5.74) is 6.46. The third-order valence-corrected chi connectivity index (χ3v) is 5.31. The first kappa shape index (κ1) is 13.1. The lowest BCUT2D eigenvalue weighted by molar-refractivity contribution is 0.213. The summed E-state index contributed by atoms with van der Waals surface area (Å²) in [4.78, 5) is 0. The van der Waals surface area contributed by atoms with Gasteiger partial charge in [-0.25, -0.2) is 0 Å². The van der Waals surface area contributed by atoms with Crippen LogP contribution in [0, 0.1) is 5.92 Å². The molecule has 4 nitrogen and oxygen atoms in total. The molecule has 2 N–H and O–H groups in total. The minimum Gasteiger partial charge on any atom is -0.319 e. The second kappa shape index (κ2) is 5.23. The van der Waals surface area contributed by atoms with E-state index in [9.17, 15) is 0 Å². The van der Waals surface area contributed by atoms with Crippen molar-refractivity contribution in [3.63, 3.8) is 0 Å². The molecule has 2 aliphatic rings. The van der Waals surface area contributed by atoms with Crippen molar-refractivity contribution in [2.75, 3.05) is 0 Å². The summed E-state index contributed by atoms with van der Waals surface area (Å²) in [5.74, 6) is 1.91. The van der Waals surface area contributed by atoms with Crippen LogP contribution in [0.4, 0.5) is 0 Å².